The van der Waals surface area contributed by atoms with Crippen LogP contribution in [0.4, 0.5) is 5.13 Å². The zero-order chi connectivity index (χ0) is 21.4. The molecular weight excluding hydrogens is 414 g/mol. The van der Waals surface area contributed by atoms with E-state index in [9.17, 15) is 9.59 Å². The van der Waals surface area contributed by atoms with Gasteiger partial charge in [0.25, 0.3) is 11.8 Å². The Balaban J connectivity index is 1.32. The van der Waals surface area contributed by atoms with Gasteiger partial charge in [-0.05, 0) is 24.3 Å². The van der Waals surface area contributed by atoms with E-state index in [0.29, 0.717) is 21.7 Å². The molecule has 0 spiro atoms. The normalized spacial score (nSPS) is 13.8. The molecule has 31 heavy (non-hydrogen) atoms. The minimum atomic E-state index is -0.676. The maximum Gasteiger partial charge on any atom is 0.284 e. The van der Waals surface area contributed by atoms with Gasteiger partial charge in [0.1, 0.15) is 5.52 Å². The third-order valence-corrected chi connectivity index (χ3v) is 6.13. The Bertz CT molecular complexity index is 1280. The maximum atomic E-state index is 12.9. The minimum absolute atomic E-state index is 0.0213. The van der Waals surface area contributed by atoms with E-state index in [4.69, 9.17) is 5.73 Å². The predicted molar refractivity (Wildman–Crippen MR) is 117 cm³/mol. The largest absolute Gasteiger partial charge is 0.363 e. The van der Waals surface area contributed by atoms with Crippen LogP contribution in [0.15, 0.2) is 42.6 Å². The van der Waals surface area contributed by atoms with Gasteiger partial charge in [-0.25, -0.2) is 9.97 Å². The SMILES string of the molecule is NC(=O)c1nc2c(C(=O)Nc3nc4c(s3)CN(Cc3ccccn3)CC4)cccc2[nH]1. The number of nitrogens with zero attached hydrogens (tertiary/aromatic N) is 4. The first kappa shape index (κ1) is 19.3. The van der Waals surface area contributed by atoms with Crippen LogP contribution in [0.5, 0.6) is 0 Å². The Morgan fingerprint density at radius 3 is 2.90 bits per heavy atom. The van der Waals surface area contributed by atoms with Crippen LogP contribution in [-0.2, 0) is 19.5 Å². The number of imidazole rings is 1. The molecule has 5 rings (SSSR count). The zero-order valence-corrected chi connectivity index (χ0v) is 17.3. The molecule has 9 nitrogen and oxygen atoms in total. The van der Waals surface area contributed by atoms with Gasteiger partial charge in [0.2, 0.25) is 0 Å². The molecule has 1 aliphatic heterocycles. The summed E-state index contributed by atoms with van der Waals surface area (Å²) in [6.07, 6.45) is 2.63. The van der Waals surface area contributed by atoms with Crippen molar-refractivity contribution in [3.8, 4) is 0 Å². The number of benzene rings is 1. The van der Waals surface area contributed by atoms with Gasteiger partial charge < -0.3 is 10.7 Å². The van der Waals surface area contributed by atoms with Crippen LogP contribution < -0.4 is 11.1 Å². The molecule has 156 valence electrons. The van der Waals surface area contributed by atoms with Crippen molar-refractivity contribution in [2.45, 2.75) is 19.5 Å². The van der Waals surface area contributed by atoms with Gasteiger partial charge in [0.15, 0.2) is 11.0 Å². The van der Waals surface area contributed by atoms with Crippen LogP contribution in [0.3, 0.4) is 0 Å². The number of anilines is 1. The summed E-state index contributed by atoms with van der Waals surface area (Å²) < 4.78 is 0. The molecule has 1 aliphatic rings. The minimum Gasteiger partial charge on any atom is -0.363 e. The van der Waals surface area contributed by atoms with Gasteiger partial charge in [0, 0.05) is 37.1 Å². The lowest BCUT2D eigenvalue weighted by Crippen LogP contribution is -2.29. The molecule has 4 aromatic rings. The van der Waals surface area contributed by atoms with Crippen LogP contribution in [0.25, 0.3) is 11.0 Å². The Morgan fingerprint density at radius 2 is 2.10 bits per heavy atom. The van der Waals surface area contributed by atoms with E-state index in [1.807, 2.05) is 18.2 Å². The molecule has 0 saturated heterocycles. The van der Waals surface area contributed by atoms with Crippen LogP contribution in [0.2, 0.25) is 0 Å². The van der Waals surface area contributed by atoms with Crippen molar-refractivity contribution in [3.05, 3.63) is 70.2 Å². The Hall–Kier alpha value is -3.63. The first-order chi connectivity index (χ1) is 15.1. The summed E-state index contributed by atoms with van der Waals surface area (Å²) in [7, 11) is 0. The van der Waals surface area contributed by atoms with Crippen molar-refractivity contribution < 1.29 is 9.59 Å². The number of para-hydroxylation sites is 1. The number of hydrogen-bond donors (Lipinski definition) is 3. The highest BCUT2D eigenvalue weighted by atomic mass is 32.1. The van der Waals surface area contributed by atoms with E-state index in [1.165, 1.54) is 11.3 Å². The Kier molecular flexibility index (Phi) is 4.92. The molecule has 0 bridgehead atoms. The molecule has 10 heteroatoms. The molecule has 0 fully saturated rings. The maximum absolute atomic E-state index is 12.9. The number of pyridine rings is 1. The molecular formula is C21H19N7O2S. The van der Waals surface area contributed by atoms with Crippen LogP contribution >= 0.6 is 11.3 Å². The second-order valence-electron chi connectivity index (χ2n) is 7.28. The van der Waals surface area contributed by atoms with Crippen molar-refractivity contribution in [1.29, 1.82) is 0 Å². The number of fused-ring (bicyclic) bond motifs is 2. The number of thiazole rings is 1. The second-order valence-corrected chi connectivity index (χ2v) is 8.36. The molecule has 0 atom stereocenters. The highest BCUT2D eigenvalue weighted by molar-refractivity contribution is 7.15. The number of hydrogen-bond acceptors (Lipinski definition) is 7. The highest BCUT2D eigenvalue weighted by Crippen LogP contribution is 2.29. The number of carbonyl (C=O) groups is 2. The smallest absolute Gasteiger partial charge is 0.284 e. The summed E-state index contributed by atoms with van der Waals surface area (Å²) in [5, 5.41) is 3.43. The average molecular weight is 433 g/mol. The number of nitrogens with two attached hydrogens (primary N) is 1. The molecule has 1 aromatic carbocycles. The van der Waals surface area contributed by atoms with Gasteiger partial charge >= 0.3 is 0 Å². The van der Waals surface area contributed by atoms with Gasteiger partial charge in [-0.1, -0.05) is 12.1 Å². The number of nitrogens with one attached hydrogen (secondary N) is 2. The topological polar surface area (TPSA) is 130 Å². The van der Waals surface area contributed by atoms with E-state index in [2.05, 4.69) is 30.2 Å². The lowest BCUT2D eigenvalue weighted by molar-refractivity contribution is 0.0989. The van der Waals surface area contributed by atoms with E-state index in [0.717, 1.165) is 42.3 Å². The molecule has 0 saturated carbocycles. The molecule has 0 unspecified atom stereocenters. The number of H-pyrrole nitrogens is 1. The third-order valence-electron chi connectivity index (χ3n) is 5.13. The second kappa shape index (κ2) is 7.89. The van der Waals surface area contributed by atoms with Gasteiger partial charge in [0.05, 0.1) is 22.5 Å². The summed E-state index contributed by atoms with van der Waals surface area (Å²) in [6, 6.07) is 11.0. The van der Waals surface area contributed by atoms with Crippen molar-refractivity contribution in [1.82, 2.24) is 24.8 Å². The molecule has 4 heterocycles. The lowest BCUT2D eigenvalue weighted by Gasteiger charge is -2.25. The molecule has 2 amide bonds. The van der Waals surface area contributed by atoms with Gasteiger partial charge in [-0.3, -0.25) is 24.8 Å². The predicted octanol–water partition coefficient (Wildman–Crippen LogP) is 2.32. The van der Waals surface area contributed by atoms with Crippen LogP contribution in [-0.4, -0.2) is 43.2 Å². The van der Waals surface area contributed by atoms with Crippen molar-refractivity contribution in [3.63, 3.8) is 0 Å². The quantitative estimate of drug-likeness (QED) is 0.443. The van der Waals surface area contributed by atoms with Crippen LogP contribution in [0.1, 0.15) is 37.2 Å². The number of carbonyl (C=O) groups excluding carboxylic acids is 2. The zero-order valence-electron chi connectivity index (χ0n) is 16.5. The Labute approximate surface area is 181 Å². The number of primary amides is 1. The molecule has 0 aliphatic carbocycles. The fourth-order valence-electron chi connectivity index (χ4n) is 3.65. The highest BCUT2D eigenvalue weighted by Gasteiger charge is 2.23. The van der Waals surface area contributed by atoms with E-state index >= 15 is 0 Å². The molecule has 4 N–H and O–H groups in total. The third kappa shape index (κ3) is 3.90. The lowest BCUT2D eigenvalue weighted by atomic mass is 10.1. The van der Waals surface area contributed by atoms with E-state index < -0.39 is 5.91 Å². The molecule has 3 aromatic heterocycles. The summed E-state index contributed by atoms with van der Waals surface area (Å²) in [6.45, 7) is 2.45. The fraction of sp³-hybridized carbons (Fsp3) is 0.190. The van der Waals surface area contributed by atoms with Crippen molar-refractivity contribution in [2.24, 2.45) is 5.73 Å². The summed E-state index contributed by atoms with van der Waals surface area (Å²) >= 11 is 1.48. The fourth-order valence-corrected chi connectivity index (χ4v) is 4.70. The number of aromatic nitrogens is 4. The van der Waals surface area contributed by atoms with Crippen molar-refractivity contribution in [2.75, 3.05) is 11.9 Å². The average Bonchev–Trinajstić information content (AvgIpc) is 3.37. The van der Waals surface area contributed by atoms with E-state index in [-0.39, 0.29) is 11.7 Å². The number of aromatic amines is 1. The molecule has 0 radical (unpaired) electrons. The Morgan fingerprint density at radius 1 is 1.19 bits per heavy atom. The first-order valence-electron chi connectivity index (χ1n) is 9.77. The van der Waals surface area contributed by atoms with Crippen molar-refractivity contribution >= 4 is 39.3 Å². The summed E-state index contributed by atoms with van der Waals surface area (Å²) in [5.41, 5.74) is 8.67. The van der Waals surface area contributed by atoms with Gasteiger partial charge in [-0.2, -0.15) is 0 Å². The standard InChI is InChI=1S/C21H19N7O2S/c22-18(29)19-24-15-6-3-5-13(17(15)26-19)20(30)27-21-25-14-7-9-28(11-16(14)31-21)10-12-4-1-2-8-23-12/h1-6,8H,7,9-11H2,(H2,22,29)(H,24,26)(H,25,27,30). The summed E-state index contributed by atoms with van der Waals surface area (Å²) in [4.78, 5) is 43.8. The van der Waals surface area contributed by atoms with Crippen LogP contribution in [0, 0.1) is 0 Å². The van der Waals surface area contributed by atoms with Gasteiger partial charge in [-0.15, -0.1) is 11.3 Å². The summed E-state index contributed by atoms with van der Waals surface area (Å²) in [5.74, 6) is -0.983. The first-order valence-corrected chi connectivity index (χ1v) is 10.6. The number of rotatable bonds is 5. The van der Waals surface area contributed by atoms with E-state index in [1.54, 1.807) is 24.4 Å². The monoisotopic (exact) mass is 433 g/mol. The number of amides is 2.